The van der Waals surface area contributed by atoms with Gasteiger partial charge in [-0.2, -0.15) is 5.10 Å². The first kappa shape index (κ1) is 11.7. The van der Waals surface area contributed by atoms with Crippen molar-refractivity contribution >= 4 is 23.3 Å². The van der Waals surface area contributed by atoms with Crippen LogP contribution in [0.2, 0.25) is 5.02 Å². The molecule has 0 bridgehead atoms. The lowest BCUT2D eigenvalue weighted by Gasteiger charge is -1.99. The third-order valence-electron chi connectivity index (χ3n) is 1.85. The van der Waals surface area contributed by atoms with Crippen LogP contribution in [0.1, 0.15) is 19.5 Å². The summed E-state index contributed by atoms with van der Waals surface area (Å²) in [7, 11) is 0. The Balaban J connectivity index is 2.61. The van der Waals surface area contributed by atoms with E-state index < -0.39 is 11.7 Å². The Labute approximate surface area is 92.4 Å². The molecule has 0 aliphatic rings. The van der Waals surface area contributed by atoms with Crippen molar-refractivity contribution in [2.24, 2.45) is 0 Å². The molecule has 15 heavy (non-hydrogen) atoms. The van der Waals surface area contributed by atoms with Crippen LogP contribution in [-0.2, 0) is 22.7 Å². The van der Waals surface area contributed by atoms with Gasteiger partial charge in [0.15, 0.2) is 0 Å². The zero-order chi connectivity index (χ0) is 11.4. The summed E-state index contributed by atoms with van der Waals surface area (Å²) in [6, 6.07) is 0. The minimum Gasteiger partial charge on any atom is -0.344 e. The van der Waals surface area contributed by atoms with E-state index >= 15 is 0 Å². The smallest absolute Gasteiger partial charge is 0.287 e. The van der Waals surface area contributed by atoms with Gasteiger partial charge in [-0.3, -0.25) is 14.3 Å². The van der Waals surface area contributed by atoms with Crippen LogP contribution >= 0.6 is 11.6 Å². The molecule has 0 unspecified atom stereocenters. The lowest BCUT2D eigenvalue weighted by molar-refractivity contribution is -0.136. The minimum absolute atomic E-state index is 0.171. The third-order valence-corrected chi connectivity index (χ3v) is 2.16. The molecular weight excluding hydrogens is 218 g/mol. The van der Waals surface area contributed by atoms with Crippen molar-refractivity contribution in [1.82, 2.24) is 15.1 Å². The van der Waals surface area contributed by atoms with Gasteiger partial charge in [-0.25, -0.2) is 0 Å². The number of aromatic nitrogens is 2. The molecular formula is C9H12ClN3O2. The number of rotatable bonds is 4. The average Bonchev–Trinajstić information content (AvgIpc) is 2.55. The van der Waals surface area contributed by atoms with Gasteiger partial charge >= 0.3 is 0 Å². The van der Waals surface area contributed by atoms with E-state index in [1.165, 1.54) is 6.92 Å². The highest BCUT2D eigenvalue weighted by atomic mass is 35.5. The molecule has 1 rings (SSSR count). The number of hydrogen-bond acceptors (Lipinski definition) is 3. The summed E-state index contributed by atoms with van der Waals surface area (Å²) >= 11 is 5.87. The Bertz CT molecular complexity index is 387. The molecule has 0 aliphatic heterocycles. The van der Waals surface area contributed by atoms with E-state index in [0.29, 0.717) is 17.3 Å². The van der Waals surface area contributed by atoms with Gasteiger partial charge in [0.25, 0.3) is 5.91 Å². The number of ketones is 1. The minimum atomic E-state index is -0.628. The number of Topliss-reactive ketones (excluding diaryl/α,β-unsaturated/α-hetero) is 1. The Kier molecular flexibility index (Phi) is 3.85. The Morgan fingerprint density at radius 2 is 2.27 bits per heavy atom. The van der Waals surface area contributed by atoms with Gasteiger partial charge in [0.2, 0.25) is 5.78 Å². The fourth-order valence-electron chi connectivity index (χ4n) is 1.01. The maximum Gasteiger partial charge on any atom is 0.287 e. The van der Waals surface area contributed by atoms with Crippen LogP contribution in [0.25, 0.3) is 0 Å². The molecule has 0 aromatic carbocycles. The van der Waals surface area contributed by atoms with Crippen LogP contribution in [0.3, 0.4) is 0 Å². The summed E-state index contributed by atoms with van der Waals surface area (Å²) in [5, 5.41) is 7.03. The summed E-state index contributed by atoms with van der Waals surface area (Å²) in [5.74, 6) is -1.15. The Hall–Kier alpha value is -1.36. The van der Waals surface area contributed by atoms with Crippen LogP contribution in [0, 0.1) is 0 Å². The Morgan fingerprint density at radius 3 is 2.73 bits per heavy atom. The number of nitrogens with zero attached hydrogens (tertiary/aromatic N) is 2. The van der Waals surface area contributed by atoms with Crippen molar-refractivity contribution in [1.29, 1.82) is 0 Å². The second kappa shape index (κ2) is 4.93. The zero-order valence-electron chi connectivity index (χ0n) is 8.58. The monoisotopic (exact) mass is 229 g/mol. The number of amides is 1. The quantitative estimate of drug-likeness (QED) is 0.776. The summed E-state index contributed by atoms with van der Waals surface area (Å²) < 4.78 is 1.66. The van der Waals surface area contributed by atoms with Crippen LogP contribution in [-0.4, -0.2) is 21.5 Å². The van der Waals surface area contributed by atoms with Gasteiger partial charge in [0.05, 0.1) is 11.6 Å². The summed E-state index contributed by atoms with van der Waals surface area (Å²) in [4.78, 5) is 21.6. The van der Waals surface area contributed by atoms with Crippen molar-refractivity contribution in [2.75, 3.05) is 0 Å². The number of hydrogen-bond donors (Lipinski definition) is 1. The molecule has 1 N–H and O–H groups in total. The van der Waals surface area contributed by atoms with Crippen molar-refractivity contribution in [3.8, 4) is 0 Å². The molecule has 0 atom stereocenters. The lowest BCUT2D eigenvalue weighted by Crippen LogP contribution is -2.28. The molecule has 0 saturated carbocycles. The van der Waals surface area contributed by atoms with Crippen molar-refractivity contribution < 1.29 is 9.59 Å². The molecule has 1 aromatic heterocycles. The second-order valence-corrected chi connectivity index (χ2v) is 3.43. The molecule has 82 valence electrons. The van der Waals surface area contributed by atoms with E-state index in [1.54, 1.807) is 10.9 Å². The number of halogens is 1. The predicted molar refractivity (Wildman–Crippen MR) is 55.4 cm³/mol. The summed E-state index contributed by atoms with van der Waals surface area (Å²) in [5.41, 5.74) is 0.563. The summed E-state index contributed by atoms with van der Waals surface area (Å²) in [6.07, 6.45) is 1.68. The van der Waals surface area contributed by atoms with E-state index in [-0.39, 0.29) is 6.54 Å². The van der Waals surface area contributed by atoms with Gasteiger partial charge < -0.3 is 5.32 Å². The van der Waals surface area contributed by atoms with Crippen molar-refractivity contribution in [3.05, 3.63) is 16.9 Å². The molecule has 5 nitrogen and oxygen atoms in total. The Morgan fingerprint density at radius 1 is 1.60 bits per heavy atom. The third kappa shape index (κ3) is 3.06. The topological polar surface area (TPSA) is 64.0 Å². The van der Waals surface area contributed by atoms with E-state index in [4.69, 9.17) is 11.6 Å². The molecule has 0 spiro atoms. The van der Waals surface area contributed by atoms with Crippen LogP contribution in [0.4, 0.5) is 0 Å². The number of carbonyl (C=O) groups excluding carboxylic acids is 2. The number of nitrogens with one attached hydrogen (secondary N) is 1. The highest BCUT2D eigenvalue weighted by molar-refractivity contribution is 6.35. The first-order chi connectivity index (χ1) is 7.04. The van der Waals surface area contributed by atoms with Gasteiger partial charge in [0.1, 0.15) is 5.69 Å². The van der Waals surface area contributed by atoms with Gasteiger partial charge in [-0.1, -0.05) is 11.6 Å². The molecule has 0 saturated heterocycles. The molecule has 0 fully saturated rings. The second-order valence-electron chi connectivity index (χ2n) is 3.02. The molecule has 1 amide bonds. The maximum atomic E-state index is 11.0. The van der Waals surface area contributed by atoms with E-state index in [1.807, 2.05) is 6.92 Å². The van der Waals surface area contributed by atoms with E-state index in [9.17, 15) is 9.59 Å². The van der Waals surface area contributed by atoms with E-state index in [0.717, 1.165) is 0 Å². The van der Waals surface area contributed by atoms with Gasteiger partial charge in [-0.15, -0.1) is 0 Å². The summed E-state index contributed by atoms with van der Waals surface area (Å²) in [6.45, 7) is 4.02. The molecule has 0 aliphatic carbocycles. The fourth-order valence-corrected chi connectivity index (χ4v) is 1.22. The molecule has 0 radical (unpaired) electrons. The maximum absolute atomic E-state index is 11.0. The standard InChI is InChI=1S/C9H12ClN3O2/c1-3-13-5-7(10)8(12-13)4-11-9(15)6(2)14/h5H,3-4H2,1-2H3,(H,11,15). The normalized spacial score (nSPS) is 10.1. The van der Waals surface area contributed by atoms with Crippen molar-refractivity contribution in [2.45, 2.75) is 26.9 Å². The first-order valence-electron chi connectivity index (χ1n) is 4.55. The number of aryl methyl sites for hydroxylation is 1. The van der Waals surface area contributed by atoms with Gasteiger partial charge in [0, 0.05) is 19.7 Å². The first-order valence-corrected chi connectivity index (χ1v) is 4.93. The van der Waals surface area contributed by atoms with E-state index in [2.05, 4.69) is 10.4 Å². The predicted octanol–water partition coefficient (Wildman–Crippen LogP) is 0.762. The molecule has 1 aromatic rings. The number of carbonyl (C=O) groups is 2. The van der Waals surface area contributed by atoms with Crippen molar-refractivity contribution in [3.63, 3.8) is 0 Å². The fraction of sp³-hybridized carbons (Fsp3) is 0.444. The highest BCUT2D eigenvalue weighted by Crippen LogP contribution is 2.13. The largest absolute Gasteiger partial charge is 0.344 e. The SMILES string of the molecule is CCn1cc(Cl)c(CNC(=O)C(C)=O)n1. The van der Waals surface area contributed by atoms with Crippen LogP contribution in [0.15, 0.2) is 6.20 Å². The van der Waals surface area contributed by atoms with Crippen LogP contribution in [0.5, 0.6) is 0 Å². The molecule has 1 heterocycles. The highest BCUT2D eigenvalue weighted by Gasteiger charge is 2.10. The average molecular weight is 230 g/mol. The zero-order valence-corrected chi connectivity index (χ0v) is 9.34. The molecule has 6 heteroatoms. The lowest BCUT2D eigenvalue weighted by atomic mass is 10.4. The van der Waals surface area contributed by atoms with Crippen LogP contribution < -0.4 is 5.32 Å². The van der Waals surface area contributed by atoms with Gasteiger partial charge in [-0.05, 0) is 6.92 Å².